The Bertz CT molecular complexity index is 603. The second-order valence-corrected chi connectivity index (χ2v) is 5.39. The van der Waals surface area contributed by atoms with Crippen molar-refractivity contribution in [3.8, 4) is 17.6 Å². The molecule has 0 saturated heterocycles. The molecule has 0 aliphatic heterocycles. The maximum atomic E-state index is 12.0. The van der Waals surface area contributed by atoms with Crippen LogP contribution < -0.4 is 14.8 Å². The van der Waals surface area contributed by atoms with Crippen LogP contribution in [0.15, 0.2) is 23.8 Å². The molecule has 0 radical (unpaired) electrons. The van der Waals surface area contributed by atoms with E-state index in [-0.39, 0.29) is 11.5 Å². The van der Waals surface area contributed by atoms with E-state index in [0.29, 0.717) is 24.7 Å². The average molecular weight is 330 g/mol. The summed E-state index contributed by atoms with van der Waals surface area (Å²) in [5.74, 6) is 0.896. The quantitative estimate of drug-likeness (QED) is 0.403. The minimum Gasteiger partial charge on any atom is -0.493 e. The smallest absolute Gasteiger partial charge is 0.261 e. The van der Waals surface area contributed by atoms with Gasteiger partial charge in [-0.2, -0.15) is 5.26 Å². The van der Waals surface area contributed by atoms with Crippen LogP contribution in [-0.2, 0) is 4.79 Å². The van der Waals surface area contributed by atoms with Crippen molar-refractivity contribution in [2.45, 2.75) is 39.5 Å². The lowest BCUT2D eigenvalue weighted by Crippen LogP contribution is -2.25. The Kier molecular flexibility index (Phi) is 9.06. The number of amides is 1. The Labute approximate surface area is 144 Å². The van der Waals surface area contributed by atoms with Crippen molar-refractivity contribution in [2.24, 2.45) is 0 Å². The normalized spacial score (nSPS) is 10.8. The van der Waals surface area contributed by atoms with Gasteiger partial charge in [-0.1, -0.05) is 32.8 Å². The predicted molar refractivity (Wildman–Crippen MR) is 94.9 cm³/mol. The molecule has 1 amide bonds. The van der Waals surface area contributed by atoms with E-state index in [1.54, 1.807) is 31.4 Å². The Morgan fingerprint density at radius 1 is 1.25 bits per heavy atom. The molecule has 0 unspecified atom stereocenters. The van der Waals surface area contributed by atoms with E-state index in [1.165, 1.54) is 0 Å². The molecule has 130 valence electrons. The monoisotopic (exact) mass is 330 g/mol. The molecule has 0 aliphatic carbocycles. The van der Waals surface area contributed by atoms with Gasteiger partial charge in [0.15, 0.2) is 11.5 Å². The zero-order valence-corrected chi connectivity index (χ0v) is 14.7. The second-order valence-electron chi connectivity index (χ2n) is 5.39. The lowest BCUT2D eigenvalue weighted by atomic mass is 10.1. The summed E-state index contributed by atoms with van der Waals surface area (Å²) in [7, 11) is 1.58. The molecule has 0 fully saturated rings. The number of unbranched alkanes of at least 4 members (excludes halogenated alkanes) is 2. The highest BCUT2D eigenvalue weighted by molar-refractivity contribution is 6.01. The molecule has 1 aromatic carbocycles. The van der Waals surface area contributed by atoms with Crippen LogP contribution in [0.2, 0.25) is 0 Å². The number of nitrogens with zero attached hydrogens (tertiary/aromatic N) is 1. The molecule has 5 nitrogen and oxygen atoms in total. The Morgan fingerprint density at radius 2 is 2.00 bits per heavy atom. The summed E-state index contributed by atoms with van der Waals surface area (Å²) in [5.41, 5.74) is 0.806. The zero-order valence-electron chi connectivity index (χ0n) is 14.7. The van der Waals surface area contributed by atoms with Crippen molar-refractivity contribution in [3.63, 3.8) is 0 Å². The van der Waals surface area contributed by atoms with Crippen molar-refractivity contribution in [3.05, 3.63) is 29.3 Å². The van der Waals surface area contributed by atoms with Gasteiger partial charge in [-0.05, 0) is 36.6 Å². The molecule has 0 aromatic heterocycles. The first-order chi connectivity index (χ1) is 11.7. The van der Waals surface area contributed by atoms with Gasteiger partial charge in [0.25, 0.3) is 5.91 Å². The van der Waals surface area contributed by atoms with Gasteiger partial charge in [-0.3, -0.25) is 4.79 Å². The molecular formula is C19H26N2O3. The van der Waals surface area contributed by atoms with Gasteiger partial charge >= 0.3 is 0 Å². The van der Waals surface area contributed by atoms with E-state index in [9.17, 15) is 10.1 Å². The number of carbonyl (C=O) groups excluding carboxylic acids is 1. The maximum Gasteiger partial charge on any atom is 0.261 e. The second kappa shape index (κ2) is 11.1. The van der Waals surface area contributed by atoms with Crippen LogP contribution in [-0.4, -0.2) is 26.2 Å². The summed E-state index contributed by atoms with van der Waals surface area (Å²) in [6.07, 6.45) is 5.43. The van der Waals surface area contributed by atoms with Crippen LogP contribution >= 0.6 is 0 Å². The Balaban J connectivity index is 2.92. The van der Waals surface area contributed by atoms with Crippen LogP contribution in [0.1, 0.15) is 45.1 Å². The molecule has 0 bridgehead atoms. The van der Waals surface area contributed by atoms with Crippen LogP contribution in [0.25, 0.3) is 6.08 Å². The summed E-state index contributed by atoms with van der Waals surface area (Å²) >= 11 is 0. The van der Waals surface area contributed by atoms with E-state index in [0.717, 1.165) is 31.2 Å². The van der Waals surface area contributed by atoms with E-state index in [4.69, 9.17) is 9.47 Å². The fraction of sp³-hybridized carbons (Fsp3) is 0.474. The number of rotatable bonds is 10. The number of hydrogen-bond acceptors (Lipinski definition) is 4. The van der Waals surface area contributed by atoms with E-state index < -0.39 is 0 Å². The molecule has 5 heteroatoms. The van der Waals surface area contributed by atoms with Gasteiger partial charge in [0.2, 0.25) is 0 Å². The molecule has 1 N–H and O–H groups in total. The number of nitriles is 1. The fourth-order valence-electron chi connectivity index (χ4n) is 2.01. The topological polar surface area (TPSA) is 71.4 Å². The predicted octanol–water partition coefficient (Wildman–Crippen LogP) is 3.70. The third kappa shape index (κ3) is 6.33. The minimum atomic E-state index is -0.352. The van der Waals surface area contributed by atoms with E-state index in [1.807, 2.05) is 13.0 Å². The fourth-order valence-corrected chi connectivity index (χ4v) is 2.01. The van der Waals surface area contributed by atoms with Crippen LogP contribution in [0.4, 0.5) is 0 Å². The highest BCUT2D eigenvalue weighted by Gasteiger charge is 2.10. The van der Waals surface area contributed by atoms with E-state index >= 15 is 0 Å². The molecule has 1 aromatic rings. The molecule has 24 heavy (non-hydrogen) atoms. The standard InChI is InChI=1S/C19H26N2O3/c1-4-6-10-21-19(22)16(14-20)12-15-8-9-17(23-3)18(13-15)24-11-7-5-2/h8-9,12-13H,4-7,10-11H2,1-3H3,(H,21,22)/b16-12+. The molecule has 0 saturated carbocycles. The third-order valence-corrected chi connectivity index (χ3v) is 3.44. The van der Waals surface area contributed by atoms with Gasteiger partial charge in [-0.25, -0.2) is 0 Å². The van der Waals surface area contributed by atoms with Crippen molar-refractivity contribution in [2.75, 3.05) is 20.3 Å². The summed E-state index contributed by atoms with van der Waals surface area (Å²) in [5, 5.41) is 12.0. The molecule has 0 aliphatic rings. The number of benzene rings is 1. The maximum absolute atomic E-state index is 12.0. The van der Waals surface area contributed by atoms with Gasteiger partial charge < -0.3 is 14.8 Å². The minimum absolute atomic E-state index is 0.0794. The first-order valence-electron chi connectivity index (χ1n) is 8.37. The van der Waals surface area contributed by atoms with Crippen LogP contribution in [0.3, 0.4) is 0 Å². The Morgan fingerprint density at radius 3 is 2.62 bits per heavy atom. The first kappa shape index (κ1) is 19.6. The summed E-state index contributed by atoms with van der Waals surface area (Å²) in [4.78, 5) is 12.0. The highest BCUT2D eigenvalue weighted by atomic mass is 16.5. The average Bonchev–Trinajstić information content (AvgIpc) is 2.60. The summed E-state index contributed by atoms with van der Waals surface area (Å²) in [6.45, 7) is 5.31. The highest BCUT2D eigenvalue weighted by Crippen LogP contribution is 2.29. The molecule has 0 spiro atoms. The lowest BCUT2D eigenvalue weighted by Gasteiger charge is -2.11. The van der Waals surface area contributed by atoms with Crippen molar-refractivity contribution >= 4 is 12.0 Å². The van der Waals surface area contributed by atoms with Crippen molar-refractivity contribution in [1.29, 1.82) is 5.26 Å². The number of nitrogens with one attached hydrogen (secondary N) is 1. The number of carbonyl (C=O) groups is 1. The first-order valence-corrected chi connectivity index (χ1v) is 8.37. The molecule has 0 atom stereocenters. The Hall–Kier alpha value is -2.48. The van der Waals surface area contributed by atoms with Gasteiger partial charge in [-0.15, -0.1) is 0 Å². The SMILES string of the molecule is CCCCNC(=O)/C(C#N)=C/c1ccc(OC)c(OCCCC)c1. The zero-order chi connectivity index (χ0) is 17.8. The largest absolute Gasteiger partial charge is 0.493 e. The van der Waals surface area contributed by atoms with Crippen LogP contribution in [0.5, 0.6) is 11.5 Å². The summed E-state index contributed by atoms with van der Waals surface area (Å²) < 4.78 is 11.0. The van der Waals surface area contributed by atoms with Crippen molar-refractivity contribution < 1.29 is 14.3 Å². The van der Waals surface area contributed by atoms with Crippen molar-refractivity contribution in [1.82, 2.24) is 5.32 Å². The van der Waals surface area contributed by atoms with Gasteiger partial charge in [0.1, 0.15) is 11.6 Å². The molecular weight excluding hydrogens is 304 g/mol. The molecule has 1 rings (SSSR count). The molecule has 0 heterocycles. The van der Waals surface area contributed by atoms with E-state index in [2.05, 4.69) is 12.2 Å². The third-order valence-electron chi connectivity index (χ3n) is 3.44. The lowest BCUT2D eigenvalue weighted by molar-refractivity contribution is -0.117. The van der Waals surface area contributed by atoms with Gasteiger partial charge in [0, 0.05) is 6.54 Å². The number of methoxy groups -OCH3 is 1. The van der Waals surface area contributed by atoms with Crippen LogP contribution in [0, 0.1) is 11.3 Å². The van der Waals surface area contributed by atoms with Gasteiger partial charge in [0.05, 0.1) is 13.7 Å². The summed E-state index contributed by atoms with van der Waals surface area (Å²) in [6, 6.07) is 7.31. The number of hydrogen-bond donors (Lipinski definition) is 1. The number of ether oxygens (including phenoxy) is 2.